The molecule has 1 fully saturated rings. The Kier molecular flexibility index (Phi) is 5.77. The molecule has 0 atom stereocenters. The average molecular weight is 364 g/mol. The molecule has 2 aromatic rings. The number of amides is 2. The number of nitrogens with one attached hydrogen (secondary N) is 1. The number of piperazine rings is 1. The van der Waals surface area contributed by atoms with Crippen LogP contribution in [0.25, 0.3) is 0 Å². The standard InChI is InChI=1S/C20H24N6O/c1-24(2)18-7-5-16(6-8-18)15-23-20(27)26-12-10-25(11-13-26)19-17(14-21)4-3-9-22-19/h3-9H,10-13,15H2,1-2H3,(H,23,27). The summed E-state index contributed by atoms with van der Waals surface area (Å²) >= 11 is 0. The Balaban J connectivity index is 1.50. The number of benzene rings is 1. The average Bonchev–Trinajstić information content (AvgIpc) is 2.72. The van der Waals surface area contributed by atoms with Gasteiger partial charge in [0.25, 0.3) is 0 Å². The summed E-state index contributed by atoms with van der Waals surface area (Å²) in [6.45, 7) is 3.04. The van der Waals surface area contributed by atoms with Crippen molar-refractivity contribution in [3.8, 4) is 6.07 Å². The molecule has 1 aromatic heterocycles. The van der Waals surface area contributed by atoms with Gasteiger partial charge in [-0.3, -0.25) is 0 Å². The molecule has 2 heterocycles. The minimum atomic E-state index is -0.0622. The van der Waals surface area contributed by atoms with Crippen LogP contribution in [0.5, 0.6) is 0 Å². The van der Waals surface area contributed by atoms with Gasteiger partial charge >= 0.3 is 6.03 Å². The first kappa shape index (κ1) is 18.5. The first-order valence-corrected chi connectivity index (χ1v) is 8.97. The van der Waals surface area contributed by atoms with Crippen molar-refractivity contribution in [2.24, 2.45) is 0 Å². The van der Waals surface area contributed by atoms with Crippen molar-refractivity contribution in [2.75, 3.05) is 50.1 Å². The fraction of sp³-hybridized carbons (Fsp3) is 0.350. The quantitative estimate of drug-likeness (QED) is 0.899. The Labute approximate surface area is 159 Å². The Hall–Kier alpha value is -3.27. The van der Waals surface area contributed by atoms with Crippen LogP contribution in [-0.2, 0) is 6.54 Å². The Morgan fingerprint density at radius 3 is 2.52 bits per heavy atom. The van der Waals surface area contributed by atoms with Crippen LogP contribution in [0.15, 0.2) is 42.6 Å². The van der Waals surface area contributed by atoms with Crippen molar-refractivity contribution in [2.45, 2.75) is 6.54 Å². The highest BCUT2D eigenvalue weighted by Gasteiger charge is 2.23. The lowest BCUT2D eigenvalue weighted by atomic mass is 10.2. The molecule has 2 amide bonds. The second kappa shape index (κ2) is 8.41. The van der Waals surface area contributed by atoms with Gasteiger partial charge in [0, 0.05) is 58.7 Å². The molecule has 27 heavy (non-hydrogen) atoms. The molecule has 0 radical (unpaired) electrons. The van der Waals surface area contributed by atoms with Crippen LogP contribution in [0.2, 0.25) is 0 Å². The Bertz CT molecular complexity index is 819. The zero-order chi connectivity index (χ0) is 19.2. The number of hydrogen-bond acceptors (Lipinski definition) is 5. The number of hydrogen-bond donors (Lipinski definition) is 1. The van der Waals surface area contributed by atoms with E-state index in [1.807, 2.05) is 43.3 Å². The molecule has 3 rings (SSSR count). The third-order valence-corrected chi connectivity index (χ3v) is 4.67. The number of pyridine rings is 1. The van der Waals surface area contributed by atoms with Gasteiger partial charge in [-0.15, -0.1) is 0 Å². The molecule has 1 aliphatic rings. The maximum Gasteiger partial charge on any atom is 0.317 e. The lowest BCUT2D eigenvalue weighted by molar-refractivity contribution is 0.194. The molecular formula is C20H24N6O. The largest absolute Gasteiger partial charge is 0.378 e. The van der Waals surface area contributed by atoms with Crippen molar-refractivity contribution in [3.05, 3.63) is 53.7 Å². The van der Waals surface area contributed by atoms with E-state index >= 15 is 0 Å². The third kappa shape index (κ3) is 4.47. The number of anilines is 2. The first-order valence-electron chi connectivity index (χ1n) is 8.97. The highest BCUT2D eigenvalue weighted by atomic mass is 16.2. The van der Waals surface area contributed by atoms with E-state index in [-0.39, 0.29) is 6.03 Å². The van der Waals surface area contributed by atoms with Crippen molar-refractivity contribution in [1.82, 2.24) is 15.2 Å². The minimum absolute atomic E-state index is 0.0622. The lowest BCUT2D eigenvalue weighted by Gasteiger charge is -2.35. The first-order chi connectivity index (χ1) is 13.1. The summed E-state index contributed by atoms with van der Waals surface area (Å²) in [5.74, 6) is 0.695. The number of carbonyl (C=O) groups excluding carboxylic acids is 1. The molecule has 1 aromatic carbocycles. The van der Waals surface area contributed by atoms with Crippen molar-refractivity contribution >= 4 is 17.5 Å². The molecule has 1 saturated heterocycles. The molecular weight excluding hydrogens is 340 g/mol. The molecule has 7 heteroatoms. The van der Waals surface area contributed by atoms with Gasteiger partial charge in [-0.1, -0.05) is 12.1 Å². The van der Waals surface area contributed by atoms with E-state index in [1.54, 1.807) is 23.2 Å². The summed E-state index contributed by atoms with van der Waals surface area (Å²) < 4.78 is 0. The minimum Gasteiger partial charge on any atom is -0.378 e. The number of aromatic nitrogens is 1. The molecule has 0 spiro atoms. The van der Waals surface area contributed by atoms with E-state index < -0.39 is 0 Å². The molecule has 0 bridgehead atoms. The summed E-state index contributed by atoms with van der Waals surface area (Å²) in [6.07, 6.45) is 1.69. The van der Waals surface area contributed by atoms with E-state index in [2.05, 4.69) is 21.3 Å². The fourth-order valence-electron chi connectivity index (χ4n) is 3.06. The number of nitriles is 1. The van der Waals surface area contributed by atoms with Gasteiger partial charge in [-0.25, -0.2) is 9.78 Å². The van der Waals surface area contributed by atoms with Crippen LogP contribution in [-0.4, -0.2) is 56.2 Å². The van der Waals surface area contributed by atoms with E-state index in [0.29, 0.717) is 44.1 Å². The normalized spacial score (nSPS) is 13.8. The van der Waals surface area contributed by atoms with Crippen LogP contribution in [0.1, 0.15) is 11.1 Å². The molecule has 0 aliphatic carbocycles. The molecule has 1 aliphatic heterocycles. The second-order valence-electron chi connectivity index (χ2n) is 6.68. The topological polar surface area (TPSA) is 75.5 Å². The van der Waals surface area contributed by atoms with Gasteiger partial charge in [-0.2, -0.15) is 5.26 Å². The molecule has 140 valence electrons. The molecule has 1 N–H and O–H groups in total. The van der Waals surface area contributed by atoms with Gasteiger partial charge in [0.05, 0.1) is 5.56 Å². The Morgan fingerprint density at radius 1 is 1.19 bits per heavy atom. The Morgan fingerprint density at radius 2 is 1.89 bits per heavy atom. The predicted octanol–water partition coefficient (Wildman–Crippen LogP) is 2.05. The highest BCUT2D eigenvalue weighted by molar-refractivity contribution is 5.74. The summed E-state index contributed by atoms with van der Waals surface area (Å²) in [6, 6.07) is 13.8. The summed E-state index contributed by atoms with van der Waals surface area (Å²) in [4.78, 5) is 22.7. The maximum atomic E-state index is 12.4. The third-order valence-electron chi connectivity index (χ3n) is 4.67. The van der Waals surface area contributed by atoms with Crippen molar-refractivity contribution in [1.29, 1.82) is 5.26 Å². The zero-order valence-electron chi connectivity index (χ0n) is 15.7. The summed E-state index contributed by atoms with van der Waals surface area (Å²) in [5, 5.41) is 12.2. The van der Waals surface area contributed by atoms with E-state index in [0.717, 1.165) is 11.3 Å². The monoisotopic (exact) mass is 364 g/mol. The number of rotatable bonds is 4. The van der Waals surface area contributed by atoms with Crippen molar-refractivity contribution in [3.63, 3.8) is 0 Å². The lowest BCUT2D eigenvalue weighted by Crippen LogP contribution is -2.52. The maximum absolute atomic E-state index is 12.4. The van der Waals surface area contributed by atoms with Crippen molar-refractivity contribution < 1.29 is 4.79 Å². The van der Waals surface area contributed by atoms with Crippen LogP contribution < -0.4 is 15.1 Å². The summed E-state index contributed by atoms with van der Waals surface area (Å²) in [7, 11) is 4.00. The molecule has 0 unspecified atom stereocenters. The predicted molar refractivity (Wildman–Crippen MR) is 106 cm³/mol. The van der Waals surface area contributed by atoms with Crippen LogP contribution in [0.3, 0.4) is 0 Å². The van der Waals surface area contributed by atoms with Gasteiger partial charge in [0.2, 0.25) is 0 Å². The smallest absolute Gasteiger partial charge is 0.317 e. The number of nitrogens with zero attached hydrogens (tertiary/aromatic N) is 5. The van der Waals surface area contributed by atoms with E-state index in [1.165, 1.54) is 0 Å². The van der Waals surface area contributed by atoms with E-state index in [9.17, 15) is 10.1 Å². The van der Waals surface area contributed by atoms with E-state index in [4.69, 9.17) is 0 Å². The molecule has 0 saturated carbocycles. The number of carbonyl (C=O) groups is 1. The van der Waals surface area contributed by atoms with Gasteiger partial charge in [0.15, 0.2) is 0 Å². The zero-order valence-corrected chi connectivity index (χ0v) is 15.7. The van der Waals surface area contributed by atoms with Crippen LogP contribution >= 0.6 is 0 Å². The van der Waals surface area contributed by atoms with Crippen LogP contribution in [0, 0.1) is 11.3 Å². The van der Waals surface area contributed by atoms with Gasteiger partial charge < -0.3 is 20.0 Å². The molecule has 7 nitrogen and oxygen atoms in total. The highest BCUT2D eigenvalue weighted by Crippen LogP contribution is 2.18. The van der Waals surface area contributed by atoms with Gasteiger partial charge in [0.1, 0.15) is 11.9 Å². The summed E-state index contributed by atoms with van der Waals surface area (Å²) in [5.41, 5.74) is 2.77. The fourth-order valence-corrected chi connectivity index (χ4v) is 3.06. The second-order valence-corrected chi connectivity index (χ2v) is 6.68. The van der Waals surface area contributed by atoms with Crippen LogP contribution in [0.4, 0.5) is 16.3 Å². The van der Waals surface area contributed by atoms with Gasteiger partial charge in [-0.05, 0) is 29.8 Å². The SMILES string of the molecule is CN(C)c1ccc(CNC(=O)N2CCN(c3ncccc3C#N)CC2)cc1. The number of urea groups is 1.